The Balaban J connectivity index is 1.57. The molecule has 0 saturated heterocycles. The van der Waals surface area contributed by atoms with Crippen molar-refractivity contribution < 1.29 is 9.59 Å². The number of likely N-dealkylation sites (N-methyl/N-ethyl adjacent to an activating group) is 1. The van der Waals surface area contributed by atoms with Crippen molar-refractivity contribution in [1.82, 2.24) is 14.5 Å². The van der Waals surface area contributed by atoms with Crippen molar-refractivity contribution >= 4 is 29.3 Å². The number of hydrogen-bond acceptors (Lipinski definition) is 4. The number of nitrogens with zero attached hydrogens (tertiary/aromatic N) is 3. The van der Waals surface area contributed by atoms with Crippen molar-refractivity contribution in [3.63, 3.8) is 0 Å². The number of aryl methyl sites for hydroxylation is 1. The van der Waals surface area contributed by atoms with Gasteiger partial charge < -0.3 is 14.8 Å². The highest BCUT2D eigenvalue weighted by Crippen LogP contribution is 2.26. The van der Waals surface area contributed by atoms with Crippen molar-refractivity contribution in [2.24, 2.45) is 7.05 Å². The topological polar surface area (TPSA) is 67.2 Å². The summed E-state index contributed by atoms with van der Waals surface area (Å²) in [5, 5.41) is 3.52. The molecule has 6 nitrogen and oxygen atoms in total. The van der Waals surface area contributed by atoms with E-state index in [2.05, 4.69) is 10.3 Å². The molecule has 3 aromatic rings. The number of amides is 2. The molecule has 0 aliphatic carbocycles. The summed E-state index contributed by atoms with van der Waals surface area (Å²) in [4.78, 5) is 31.1. The lowest BCUT2D eigenvalue weighted by atomic mass is 10.2. The van der Waals surface area contributed by atoms with Crippen LogP contribution in [0, 0.1) is 0 Å². The van der Waals surface area contributed by atoms with E-state index in [-0.39, 0.29) is 0 Å². The van der Waals surface area contributed by atoms with E-state index in [0.717, 1.165) is 15.6 Å². The second kappa shape index (κ2) is 8.55. The maximum Gasteiger partial charge on any atom is 0.313 e. The minimum Gasteiger partial charge on any atom is -0.333 e. The van der Waals surface area contributed by atoms with Crippen molar-refractivity contribution in [3.8, 4) is 0 Å². The van der Waals surface area contributed by atoms with E-state index in [1.54, 1.807) is 25.4 Å². The average Bonchev–Trinajstić information content (AvgIpc) is 3.08. The lowest BCUT2D eigenvalue weighted by Gasteiger charge is -2.16. The fourth-order valence-corrected chi connectivity index (χ4v) is 3.25. The second-order valence-electron chi connectivity index (χ2n) is 6.05. The Morgan fingerprint density at radius 2 is 1.81 bits per heavy atom. The van der Waals surface area contributed by atoms with Gasteiger partial charge in [0.05, 0.1) is 0 Å². The van der Waals surface area contributed by atoms with Gasteiger partial charge in [-0.25, -0.2) is 4.98 Å². The third kappa shape index (κ3) is 4.98. The summed E-state index contributed by atoms with van der Waals surface area (Å²) in [7, 11) is 3.54. The van der Waals surface area contributed by atoms with Crippen molar-refractivity contribution in [2.45, 2.75) is 16.6 Å². The molecule has 0 unspecified atom stereocenters. The first kappa shape index (κ1) is 18.7. The number of aromatic nitrogens is 2. The molecule has 1 aromatic heterocycles. The molecule has 7 heteroatoms. The third-order valence-corrected chi connectivity index (χ3v) is 4.99. The van der Waals surface area contributed by atoms with Gasteiger partial charge in [-0.05, 0) is 29.8 Å². The molecule has 0 aliphatic heterocycles. The molecule has 0 fully saturated rings. The molecule has 0 saturated carbocycles. The Hall–Kier alpha value is -3.06. The van der Waals surface area contributed by atoms with E-state index in [1.165, 1.54) is 16.7 Å². The van der Waals surface area contributed by atoms with E-state index in [1.807, 2.05) is 60.3 Å². The first-order valence-electron chi connectivity index (χ1n) is 8.38. The van der Waals surface area contributed by atoms with Gasteiger partial charge in [0.2, 0.25) is 0 Å². The van der Waals surface area contributed by atoms with E-state index in [0.29, 0.717) is 12.2 Å². The molecule has 3 rings (SSSR count). The second-order valence-corrected chi connectivity index (χ2v) is 7.09. The predicted octanol–water partition coefficient (Wildman–Crippen LogP) is 3.17. The van der Waals surface area contributed by atoms with Gasteiger partial charge in [-0.1, -0.05) is 42.1 Å². The molecule has 27 heavy (non-hydrogen) atoms. The number of rotatable bonds is 5. The van der Waals surface area contributed by atoms with E-state index >= 15 is 0 Å². The molecule has 1 N–H and O–H groups in total. The van der Waals surface area contributed by atoms with Crippen LogP contribution in [0.5, 0.6) is 0 Å². The number of anilines is 1. The maximum atomic E-state index is 12.3. The van der Waals surface area contributed by atoms with E-state index < -0.39 is 11.8 Å². The first-order chi connectivity index (χ1) is 13.0. The molecular formula is C20H20N4O2S. The molecule has 2 amide bonds. The lowest BCUT2D eigenvalue weighted by molar-refractivity contribution is -0.142. The van der Waals surface area contributed by atoms with Gasteiger partial charge in [0.25, 0.3) is 0 Å². The smallest absolute Gasteiger partial charge is 0.313 e. The van der Waals surface area contributed by atoms with Gasteiger partial charge in [-0.15, -0.1) is 0 Å². The van der Waals surface area contributed by atoms with Gasteiger partial charge in [0.15, 0.2) is 5.16 Å². The summed E-state index contributed by atoms with van der Waals surface area (Å²) < 4.78 is 1.93. The van der Waals surface area contributed by atoms with Crippen LogP contribution >= 0.6 is 11.8 Å². The number of hydrogen-bond donors (Lipinski definition) is 1. The molecule has 2 aromatic carbocycles. The van der Waals surface area contributed by atoms with Crippen LogP contribution in [0.3, 0.4) is 0 Å². The van der Waals surface area contributed by atoms with Crippen LogP contribution in [0.25, 0.3) is 0 Å². The fraction of sp³-hybridized carbons (Fsp3) is 0.150. The molecule has 0 spiro atoms. The Kier molecular flexibility index (Phi) is 5.93. The van der Waals surface area contributed by atoms with Crippen LogP contribution in [-0.4, -0.2) is 33.3 Å². The van der Waals surface area contributed by atoms with Gasteiger partial charge in [-0.2, -0.15) is 0 Å². The van der Waals surface area contributed by atoms with Crippen LogP contribution in [0.15, 0.2) is 77.0 Å². The molecule has 0 aliphatic rings. The fourth-order valence-electron chi connectivity index (χ4n) is 2.45. The predicted molar refractivity (Wildman–Crippen MR) is 105 cm³/mol. The van der Waals surface area contributed by atoms with Crippen LogP contribution in [-0.2, 0) is 23.2 Å². The number of nitrogens with one attached hydrogen (secondary N) is 1. The Morgan fingerprint density at radius 1 is 1.11 bits per heavy atom. The molecule has 0 atom stereocenters. The lowest BCUT2D eigenvalue weighted by Crippen LogP contribution is -2.36. The highest BCUT2D eigenvalue weighted by Gasteiger charge is 2.19. The molecule has 1 heterocycles. The molecule has 138 valence electrons. The van der Waals surface area contributed by atoms with Crippen LogP contribution in [0.1, 0.15) is 5.56 Å². The van der Waals surface area contributed by atoms with Crippen LogP contribution < -0.4 is 5.32 Å². The summed E-state index contributed by atoms with van der Waals surface area (Å²) in [6.45, 7) is 0.381. The van der Waals surface area contributed by atoms with E-state index in [4.69, 9.17) is 0 Å². The first-order valence-corrected chi connectivity index (χ1v) is 9.20. The van der Waals surface area contributed by atoms with Crippen molar-refractivity contribution in [2.75, 3.05) is 12.4 Å². The summed E-state index contributed by atoms with van der Waals surface area (Å²) >= 11 is 1.52. The standard InChI is InChI=1S/C20H20N4O2S/c1-23-13-12-21-20(23)27-17-10-8-16(9-11-17)22-18(25)19(26)24(2)14-15-6-4-3-5-7-15/h3-13H,14H2,1-2H3,(H,22,25). The Bertz CT molecular complexity index is 923. The molecular weight excluding hydrogens is 360 g/mol. The normalized spacial score (nSPS) is 10.4. The zero-order valence-electron chi connectivity index (χ0n) is 15.1. The Morgan fingerprint density at radius 3 is 2.44 bits per heavy atom. The highest BCUT2D eigenvalue weighted by molar-refractivity contribution is 7.99. The van der Waals surface area contributed by atoms with Gasteiger partial charge in [0.1, 0.15) is 0 Å². The molecule has 0 bridgehead atoms. The number of carbonyl (C=O) groups is 2. The monoisotopic (exact) mass is 380 g/mol. The summed E-state index contributed by atoms with van der Waals surface area (Å²) in [5.41, 5.74) is 1.54. The number of carbonyl (C=O) groups excluding carboxylic acids is 2. The zero-order chi connectivity index (χ0) is 19.2. The SMILES string of the molecule is CN(Cc1ccccc1)C(=O)C(=O)Nc1ccc(Sc2nccn2C)cc1. The third-order valence-electron chi connectivity index (χ3n) is 3.90. The van der Waals surface area contributed by atoms with Crippen molar-refractivity contribution in [3.05, 3.63) is 72.6 Å². The Labute approximate surface area is 162 Å². The van der Waals surface area contributed by atoms with Gasteiger partial charge >= 0.3 is 11.8 Å². The summed E-state index contributed by atoms with van der Waals surface area (Å²) in [5.74, 6) is -1.23. The number of imidazole rings is 1. The quantitative estimate of drug-likeness (QED) is 0.691. The zero-order valence-corrected chi connectivity index (χ0v) is 15.9. The van der Waals surface area contributed by atoms with Crippen LogP contribution in [0.2, 0.25) is 0 Å². The van der Waals surface area contributed by atoms with Gasteiger partial charge in [0, 0.05) is 43.6 Å². The largest absolute Gasteiger partial charge is 0.333 e. The van der Waals surface area contributed by atoms with E-state index in [9.17, 15) is 9.59 Å². The minimum atomic E-state index is -0.655. The maximum absolute atomic E-state index is 12.3. The minimum absolute atomic E-state index is 0.381. The molecule has 0 radical (unpaired) electrons. The number of benzene rings is 2. The average molecular weight is 380 g/mol. The summed E-state index contributed by atoms with van der Waals surface area (Å²) in [6, 6.07) is 16.9. The summed E-state index contributed by atoms with van der Waals surface area (Å²) in [6.07, 6.45) is 3.63. The van der Waals surface area contributed by atoms with Crippen molar-refractivity contribution in [1.29, 1.82) is 0 Å². The van der Waals surface area contributed by atoms with Crippen LogP contribution in [0.4, 0.5) is 5.69 Å². The van der Waals surface area contributed by atoms with Gasteiger partial charge in [-0.3, -0.25) is 9.59 Å². The highest BCUT2D eigenvalue weighted by atomic mass is 32.2.